The highest BCUT2D eigenvalue weighted by Gasteiger charge is 2.19. The Morgan fingerprint density at radius 1 is 1.14 bits per heavy atom. The van der Waals surface area contributed by atoms with E-state index in [1.165, 1.54) is 12.1 Å². The fourth-order valence-corrected chi connectivity index (χ4v) is 2.06. The van der Waals surface area contributed by atoms with Gasteiger partial charge in [-0.25, -0.2) is 0 Å². The number of anilines is 1. The van der Waals surface area contributed by atoms with E-state index in [0.29, 0.717) is 5.75 Å². The number of nitrogens with zero attached hydrogens (tertiary/aromatic N) is 1. The fourth-order valence-electron chi connectivity index (χ4n) is 2.06. The largest absolute Gasteiger partial charge is 0.457 e. The maximum Gasteiger partial charge on any atom is 0.292 e. The molecule has 0 aliphatic rings. The normalized spacial score (nSPS) is 11.2. The summed E-state index contributed by atoms with van der Waals surface area (Å²) in [6.07, 6.45) is 0. The first-order chi connectivity index (χ1) is 9.79. The fraction of sp³-hybridized carbons (Fsp3) is 0.250. The predicted octanol–water partition coefficient (Wildman–Crippen LogP) is 4.27. The van der Waals surface area contributed by atoms with Gasteiger partial charge in [-0.3, -0.25) is 10.1 Å². The highest BCUT2D eigenvalue weighted by atomic mass is 16.6. The molecule has 0 saturated carbocycles. The Hall–Kier alpha value is -2.56. The molecule has 2 N–H and O–H groups in total. The monoisotopic (exact) mass is 286 g/mol. The van der Waals surface area contributed by atoms with E-state index in [9.17, 15) is 10.1 Å². The van der Waals surface area contributed by atoms with Crippen LogP contribution in [0.1, 0.15) is 26.3 Å². The van der Waals surface area contributed by atoms with Gasteiger partial charge >= 0.3 is 0 Å². The van der Waals surface area contributed by atoms with Gasteiger partial charge in [0.05, 0.1) is 4.92 Å². The van der Waals surface area contributed by atoms with Gasteiger partial charge in [-0.1, -0.05) is 39.0 Å². The van der Waals surface area contributed by atoms with Crippen molar-refractivity contribution in [1.29, 1.82) is 0 Å². The molecule has 0 aromatic heterocycles. The zero-order valence-electron chi connectivity index (χ0n) is 12.3. The van der Waals surface area contributed by atoms with Gasteiger partial charge in [0.15, 0.2) is 0 Å². The molecule has 0 fully saturated rings. The molecule has 21 heavy (non-hydrogen) atoms. The van der Waals surface area contributed by atoms with Gasteiger partial charge in [-0.2, -0.15) is 0 Å². The first-order valence-corrected chi connectivity index (χ1v) is 6.60. The third-order valence-corrected chi connectivity index (χ3v) is 3.12. The van der Waals surface area contributed by atoms with Crippen LogP contribution in [0.4, 0.5) is 11.4 Å². The maximum absolute atomic E-state index is 10.8. The number of ether oxygens (including phenoxy) is 1. The molecule has 0 aliphatic heterocycles. The summed E-state index contributed by atoms with van der Waals surface area (Å²) in [7, 11) is 0. The molecule has 2 aromatic carbocycles. The van der Waals surface area contributed by atoms with E-state index in [1.54, 1.807) is 6.07 Å². The molecule has 2 rings (SSSR count). The lowest BCUT2D eigenvalue weighted by Crippen LogP contribution is -2.12. The van der Waals surface area contributed by atoms with Crippen molar-refractivity contribution in [3.05, 3.63) is 58.1 Å². The topological polar surface area (TPSA) is 78.4 Å². The van der Waals surface area contributed by atoms with Crippen LogP contribution in [-0.2, 0) is 5.41 Å². The zero-order chi connectivity index (χ0) is 15.6. The average molecular weight is 286 g/mol. The van der Waals surface area contributed by atoms with E-state index in [2.05, 4.69) is 20.8 Å². The van der Waals surface area contributed by atoms with Gasteiger partial charge in [0.2, 0.25) is 0 Å². The molecular formula is C16H18N2O3. The van der Waals surface area contributed by atoms with E-state index >= 15 is 0 Å². The molecule has 0 bridgehead atoms. The Balaban J connectivity index is 2.35. The first-order valence-electron chi connectivity index (χ1n) is 6.60. The Labute approximate surface area is 123 Å². The molecule has 2 aromatic rings. The van der Waals surface area contributed by atoms with Crippen molar-refractivity contribution in [2.75, 3.05) is 5.73 Å². The molecule has 0 unspecified atom stereocenters. The summed E-state index contributed by atoms with van der Waals surface area (Å²) in [5.74, 6) is 1.20. The standard InChI is InChI=1S/C16H18N2O3/c1-16(2,3)12-6-4-5-7-15(12)21-11-8-9-14(18(19)20)13(17)10-11/h4-10H,17H2,1-3H3. The Bertz CT molecular complexity index is 675. The average Bonchev–Trinajstić information content (AvgIpc) is 2.37. The molecule has 0 atom stereocenters. The Morgan fingerprint density at radius 3 is 2.38 bits per heavy atom. The van der Waals surface area contributed by atoms with Crippen LogP contribution in [-0.4, -0.2) is 4.92 Å². The van der Waals surface area contributed by atoms with E-state index in [4.69, 9.17) is 10.5 Å². The number of nitro benzene ring substituents is 1. The lowest BCUT2D eigenvalue weighted by atomic mass is 9.86. The van der Waals surface area contributed by atoms with E-state index in [0.717, 1.165) is 11.3 Å². The van der Waals surface area contributed by atoms with Crippen LogP contribution >= 0.6 is 0 Å². The second-order valence-electron chi connectivity index (χ2n) is 5.83. The van der Waals surface area contributed by atoms with E-state index < -0.39 is 4.92 Å². The summed E-state index contributed by atoms with van der Waals surface area (Å²) in [5, 5.41) is 10.8. The van der Waals surface area contributed by atoms with Crippen LogP contribution in [0, 0.1) is 10.1 Å². The van der Waals surface area contributed by atoms with Crippen LogP contribution < -0.4 is 10.5 Å². The van der Waals surface area contributed by atoms with E-state index in [1.807, 2.05) is 24.3 Å². The smallest absolute Gasteiger partial charge is 0.292 e. The molecule has 0 saturated heterocycles. The number of benzene rings is 2. The Kier molecular flexibility index (Phi) is 3.84. The van der Waals surface area contributed by atoms with Crippen molar-refractivity contribution < 1.29 is 9.66 Å². The lowest BCUT2D eigenvalue weighted by Gasteiger charge is -2.22. The van der Waals surface area contributed by atoms with Crippen molar-refractivity contribution in [2.24, 2.45) is 0 Å². The number of para-hydroxylation sites is 1. The molecule has 0 spiro atoms. The summed E-state index contributed by atoms with van der Waals surface area (Å²) in [5.41, 5.74) is 6.64. The summed E-state index contributed by atoms with van der Waals surface area (Å²) < 4.78 is 5.85. The van der Waals surface area contributed by atoms with Crippen LogP contribution in [0.2, 0.25) is 0 Å². The van der Waals surface area contributed by atoms with E-state index in [-0.39, 0.29) is 16.8 Å². The van der Waals surface area contributed by atoms with Crippen molar-refractivity contribution >= 4 is 11.4 Å². The summed E-state index contributed by atoms with van der Waals surface area (Å²) in [4.78, 5) is 10.3. The number of hydrogen-bond donors (Lipinski definition) is 1. The number of rotatable bonds is 3. The minimum Gasteiger partial charge on any atom is -0.457 e. The molecular weight excluding hydrogens is 268 g/mol. The highest BCUT2D eigenvalue weighted by Crippen LogP contribution is 2.35. The van der Waals surface area contributed by atoms with Crippen molar-refractivity contribution in [1.82, 2.24) is 0 Å². The second-order valence-corrected chi connectivity index (χ2v) is 5.83. The first kappa shape index (κ1) is 14.8. The zero-order valence-corrected chi connectivity index (χ0v) is 12.3. The number of nitrogen functional groups attached to an aromatic ring is 1. The Morgan fingerprint density at radius 2 is 1.81 bits per heavy atom. The van der Waals surface area contributed by atoms with Gasteiger partial charge < -0.3 is 10.5 Å². The molecule has 5 heteroatoms. The summed E-state index contributed by atoms with van der Waals surface area (Å²) in [6, 6.07) is 12.1. The molecule has 110 valence electrons. The van der Waals surface area contributed by atoms with Gasteiger partial charge in [0.1, 0.15) is 17.2 Å². The number of nitrogens with two attached hydrogens (primary N) is 1. The van der Waals surface area contributed by atoms with Gasteiger partial charge in [0.25, 0.3) is 5.69 Å². The SMILES string of the molecule is CC(C)(C)c1ccccc1Oc1ccc([N+](=O)[O-])c(N)c1. The van der Waals surface area contributed by atoms with Gasteiger partial charge in [0, 0.05) is 17.7 Å². The summed E-state index contributed by atoms with van der Waals surface area (Å²) in [6.45, 7) is 6.29. The van der Waals surface area contributed by atoms with Crippen molar-refractivity contribution in [2.45, 2.75) is 26.2 Å². The third-order valence-electron chi connectivity index (χ3n) is 3.12. The van der Waals surface area contributed by atoms with Crippen LogP contribution in [0.15, 0.2) is 42.5 Å². The second kappa shape index (κ2) is 5.44. The van der Waals surface area contributed by atoms with Crippen LogP contribution in [0.3, 0.4) is 0 Å². The lowest BCUT2D eigenvalue weighted by molar-refractivity contribution is -0.383. The molecule has 5 nitrogen and oxygen atoms in total. The quantitative estimate of drug-likeness (QED) is 0.519. The van der Waals surface area contributed by atoms with Gasteiger partial charge in [-0.05, 0) is 17.5 Å². The minimum atomic E-state index is -0.512. The predicted molar refractivity (Wildman–Crippen MR) is 82.7 cm³/mol. The molecule has 0 aliphatic carbocycles. The maximum atomic E-state index is 10.8. The highest BCUT2D eigenvalue weighted by molar-refractivity contribution is 5.61. The molecule has 0 heterocycles. The third kappa shape index (κ3) is 3.31. The van der Waals surface area contributed by atoms with Crippen molar-refractivity contribution in [3.63, 3.8) is 0 Å². The van der Waals surface area contributed by atoms with Gasteiger partial charge in [-0.15, -0.1) is 0 Å². The van der Waals surface area contributed by atoms with Crippen molar-refractivity contribution in [3.8, 4) is 11.5 Å². The minimum absolute atomic E-state index is 0.0666. The molecule has 0 amide bonds. The number of hydrogen-bond acceptors (Lipinski definition) is 4. The number of nitro groups is 1. The van der Waals surface area contributed by atoms with Crippen LogP contribution in [0.25, 0.3) is 0 Å². The summed E-state index contributed by atoms with van der Waals surface area (Å²) >= 11 is 0. The van der Waals surface area contributed by atoms with Crippen LogP contribution in [0.5, 0.6) is 11.5 Å². The molecule has 0 radical (unpaired) electrons.